The van der Waals surface area contributed by atoms with Gasteiger partial charge in [0, 0.05) is 34.8 Å². The van der Waals surface area contributed by atoms with E-state index < -0.39 is 41.0 Å². The average molecular weight is 600 g/mol. The summed E-state index contributed by atoms with van der Waals surface area (Å²) in [6.07, 6.45) is 0.393. The molecule has 0 radical (unpaired) electrons. The van der Waals surface area contributed by atoms with Crippen molar-refractivity contribution in [3.63, 3.8) is 0 Å². The fraction of sp³-hybridized carbons (Fsp3) is 0.375. The molecule has 1 heterocycles. The Hall–Kier alpha value is -3.02. The normalized spacial score (nSPS) is 22.5. The number of carbonyl (C=O) groups excluding carboxylic acids is 1. The SMILES string of the molecule is CN(C)Cc1ccc(NC(=O)[C@@H]2N[C@@H](CC(C)(C)C)[C@](C#N)(c3ccc(Cl)cc3F)[C@H]2c2cccc(Cl)c2F)cc1. The summed E-state index contributed by atoms with van der Waals surface area (Å²) < 4.78 is 31.5. The topological polar surface area (TPSA) is 68.2 Å². The van der Waals surface area contributed by atoms with Crippen LogP contribution in [0.3, 0.4) is 0 Å². The highest BCUT2D eigenvalue weighted by molar-refractivity contribution is 6.31. The van der Waals surface area contributed by atoms with Gasteiger partial charge in [0.25, 0.3) is 0 Å². The van der Waals surface area contributed by atoms with E-state index in [1.165, 1.54) is 24.3 Å². The predicted molar refractivity (Wildman–Crippen MR) is 160 cm³/mol. The van der Waals surface area contributed by atoms with Gasteiger partial charge in [-0.3, -0.25) is 4.79 Å². The summed E-state index contributed by atoms with van der Waals surface area (Å²) in [6, 6.07) is 16.5. The first-order valence-corrected chi connectivity index (χ1v) is 14.1. The van der Waals surface area contributed by atoms with Gasteiger partial charge >= 0.3 is 0 Å². The molecule has 0 unspecified atom stereocenters. The molecule has 3 aromatic rings. The van der Waals surface area contributed by atoms with Crippen LogP contribution in [0.25, 0.3) is 0 Å². The third kappa shape index (κ3) is 6.42. The van der Waals surface area contributed by atoms with E-state index in [1.807, 2.05) is 51.9 Å². The van der Waals surface area contributed by atoms with E-state index in [9.17, 15) is 10.1 Å². The molecule has 2 N–H and O–H groups in total. The van der Waals surface area contributed by atoms with Crippen molar-refractivity contribution in [2.45, 2.75) is 57.2 Å². The van der Waals surface area contributed by atoms with E-state index >= 15 is 8.78 Å². The highest BCUT2D eigenvalue weighted by Crippen LogP contribution is 2.52. The number of nitrogens with one attached hydrogen (secondary N) is 2. The molecule has 1 aliphatic heterocycles. The largest absolute Gasteiger partial charge is 0.325 e. The van der Waals surface area contributed by atoms with Crippen LogP contribution in [0.5, 0.6) is 0 Å². The third-order valence-corrected chi connectivity index (χ3v) is 7.98. The van der Waals surface area contributed by atoms with Gasteiger partial charge in [-0.05, 0) is 67.4 Å². The number of nitriles is 1. The van der Waals surface area contributed by atoms with Crippen LogP contribution in [0.4, 0.5) is 14.5 Å². The van der Waals surface area contributed by atoms with Crippen molar-refractivity contribution < 1.29 is 13.6 Å². The van der Waals surface area contributed by atoms with Crippen molar-refractivity contribution in [1.29, 1.82) is 5.26 Å². The van der Waals surface area contributed by atoms with Crippen molar-refractivity contribution in [1.82, 2.24) is 10.2 Å². The Kier molecular flexibility index (Phi) is 9.10. The molecule has 0 aliphatic carbocycles. The Morgan fingerprint density at radius 3 is 2.37 bits per heavy atom. The first kappa shape index (κ1) is 30.9. The van der Waals surface area contributed by atoms with Crippen LogP contribution in [0.2, 0.25) is 10.0 Å². The third-order valence-electron chi connectivity index (χ3n) is 7.45. The van der Waals surface area contributed by atoms with Gasteiger partial charge in [-0.2, -0.15) is 5.26 Å². The maximum Gasteiger partial charge on any atom is 0.242 e. The van der Waals surface area contributed by atoms with E-state index in [0.717, 1.165) is 18.2 Å². The lowest BCUT2D eigenvalue weighted by atomic mass is 9.62. The van der Waals surface area contributed by atoms with Gasteiger partial charge in [-0.25, -0.2) is 8.78 Å². The second-order valence-electron chi connectivity index (χ2n) is 12.1. The smallest absolute Gasteiger partial charge is 0.242 e. The number of amides is 1. The molecule has 1 amide bonds. The maximum atomic E-state index is 15.8. The Morgan fingerprint density at radius 2 is 1.78 bits per heavy atom. The zero-order chi connectivity index (χ0) is 30.1. The van der Waals surface area contributed by atoms with Gasteiger partial charge in [0.05, 0.1) is 17.1 Å². The van der Waals surface area contributed by atoms with Gasteiger partial charge in [0.2, 0.25) is 5.91 Å². The highest BCUT2D eigenvalue weighted by Gasteiger charge is 2.61. The highest BCUT2D eigenvalue weighted by atomic mass is 35.5. The minimum absolute atomic E-state index is 0.0406. The number of carbonyl (C=O) groups is 1. The number of nitrogens with zero attached hydrogens (tertiary/aromatic N) is 2. The van der Waals surface area contributed by atoms with E-state index in [1.54, 1.807) is 18.2 Å². The number of hydrogen-bond acceptors (Lipinski definition) is 4. The first-order valence-electron chi connectivity index (χ1n) is 13.4. The minimum atomic E-state index is -1.68. The molecule has 216 valence electrons. The lowest BCUT2D eigenvalue weighted by Crippen LogP contribution is -2.45. The summed E-state index contributed by atoms with van der Waals surface area (Å²) >= 11 is 12.3. The lowest BCUT2D eigenvalue weighted by Gasteiger charge is -2.37. The van der Waals surface area contributed by atoms with Crippen LogP contribution >= 0.6 is 23.2 Å². The van der Waals surface area contributed by atoms with E-state index in [2.05, 4.69) is 16.7 Å². The van der Waals surface area contributed by atoms with Crippen LogP contribution in [0.1, 0.15) is 49.8 Å². The number of rotatable bonds is 7. The van der Waals surface area contributed by atoms with Crippen molar-refractivity contribution in [2.24, 2.45) is 5.41 Å². The van der Waals surface area contributed by atoms with E-state index in [-0.39, 0.29) is 26.6 Å². The summed E-state index contributed by atoms with van der Waals surface area (Å²) in [5.41, 5.74) is -0.293. The van der Waals surface area contributed by atoms with E-state index in [0.29, 0.717) is 12.1 Å². The molecule has 0 bridgehead atoms. The number of hydrogen-bond donors (Lipinski definition) is 2. The molecule has 1 aliphatic rings. The number of anilines is 1. The molecule has 0 aromatic heterocycles. The summed E-state index contributed by atoms with van der Waals surface area (Å²) in [4.78, 5) is 16.0. The molecule has 1 fully saturated rings. The molecule has 3 aromatic carbocycles. The lowest BCUT2D eigenvalue weighted by molar-refractivity contribution is -0.118. The molecule has 41 heavy (non-hydrogen) atoms. The van der Waals surface area contributed by atoms with Crippen molar-refractivity contribution in [3.05, 3.63) is 99.0 Å². The Morgan fingerprint density at radius 1 is 1.10 bits per heavy atom. The van der Waals surface area contributed by atoms with Gasteiger partial charge < -0.3 is 15.5 Å². The molecule has 5 nitrogen and oxygen atoms in total. The zero-order valence-corrected chi connectivity index (χ0v) is 25.2. The van der Waals surface area contributed by atoms with E-state index in [4.69, 9.17) is 23.2 Å². The second kappa shape index (κ2) is 12.1. The molecular weight excluding hydrogens is 565 g/mol. The molecule has 0 saturated carbocycles. The van der Waals surface area contributed by atoms with Crippen molar-refractivity contribution >= 4 is 34.8 Å². The standard InChI is InChI=1S/C32H34Cl2F2N4O/c1-31(2,3)16-26-32(18-37,23-14-11-20(33)15-25(23)35)27(22-7-6-8-24(34)28(22)36)29(39-26)30(41)38-21-12-9-19(10-13-21)17-40(4)5/h6-15,26-27,29,39H,16-17H2,1-5H3,(H,38,41)/t26-,27-,29+,32-/m0/s1. The van der Waals surface area contributed by atoms with Crippen LogP contribution in [0, 0.1) is 28.4 Å². The van der Waals surface area contributed by atoms with Gasteiger partial charge in [0.1, 0.15) is 17.0 Å². The van der Waals surface area contributed by atoms with Crippen LogP contribution in [-0.4, -0.2) is 37.0 Å². The molecule has 4 rings (SSSR count). The summed E-state index contributed by atoms with van der Waals surface area (Å²) in [6.45, 7) is 6.71. The first-order chi connectivity index (χ1) is 19.3. The zero-order valence-electron chi connectivity index (χ0n) is 23.7. The maximum absolute atomic E-state index is 15.8. The van der Waals surface area contributed by atoms with Gasteiger partial charge in [-0.15, -0.1) is 0 Å². The van der Waals surface area contributed by atoms with Gasteiger partial charge in [-0.1, -0.05) is 74.3 Å². The fourth-order valence-electron chi connectivity index (χ4n) is 5.84. The molecular formula is C32H34Cl2F2N4O. The quantitative estimate of drug-likeness (QED) is 0.299. The number of halogens is 4. The average Bonchev–Trinajstić information content (AvgIpc) is 3.19. The van der Waals surface area contributed by atoms with Crippen molar-refractivity contribution in [3.8, 4) is 6.07 Å². The molecule has 1 saturated heterocycles. The van der Waals surface area contributed by atoms with Crippen LogP contribution in [-0.2, 0) is 16.8 Å². The molecule has 9 heteroatoms. The number of benzene rings is 3. The van der Waals surface area contributed by atoms with Crippen LogP contribution < -0.4 is 10.6 Å². The summed E-state index contributed by atoms with van der Waals surface area (Å²) in [5, 5.41) is 17.2. The fourth-order valence-corrected chi connectivity index (χ4v) is 6.18. The summed E-state index contributed by atoms with van der Waals surface area (Å²) in [5.74, 6) is -3.05. The summed E-state index contributed by atoms with van der Waals surface area (Å²) in [7, 11) is 3.94. The monoisotopic (exact) mass is 598 g/mol. The Labute approximate surface area is 250 Å². The molecule has 4 atom stereocenters. The Balaban J connectivity index is 1.88. The molecule has 0 spiro atoms. The van der Waals surface area contributed by atoms with Crippen molar-refractivity contribution in [2.75, 3.05) is 19.4 Å². The Bertz CT molecular complexity index is 1470. The predicted octanol–water partition coefficient (Wildman–Crippen LogP) is 7.29. The van der Waals surface area contributed by atoms with Crippen LogP contribution in [0.15, 0.2) is 60.7 Å². The minimum Gasteiger partial charge on any atom is -0.325 e. The second-order valence-corrected chi connectivity index (χ2v) is 13.0. The van der Waals surface area contributed by atoms with Gasteiger partial charge in [0.15, 0.2) is 0 Å².